The molecule has 3 N–H and O–H groups in total. The first-order chi connectivity index (χ1) is 13.2. The lowest BCUT2D eigenvalue weighted by Crippen LogP contribution is -2.02. The summed E-state index contributed by atoms with van der Waals surface area (Å²) in [4.78, 5) is 11.4. The number of azo groups is 1. The summed E-state index contributed by atoms with van der Waals surface area (Å²) in [7, 11) is -3.52. The molecule has 0 amide bonds. The molecule has 0 aromatic heterocycles. The highest BCUT2D eigenvalue weighted by Gasteiger charge is 2.18. The molecule has 0 atom stereocenters. The first kappa shape index (κ1) is 19.3. The first-order valence-electron chi connectivity index (χ1n) is 8.20. The van der Waals surface area contributed by atoms with E-state index in [4.69, 9.17) is 0 Å². The van der Waals surface area contributed by atoms with Gasteiger partial charge in [-0.2, -0.15) is 0 Å². The zero-order valence-corrected chi connectivity index (χ0v) is 15.5. The van der Waals surface area contributed by atoms with Crippen LogP contribution in [-0.2, 0) is 9.84 Å². The number of hydrogen-bond donors (Lipinski definition) is 3. The van der Waals surface area contributed by atoms with Gasteiger partial charge in [0, 0.05) is 5.39 Å². The van der Waals surface area contributed by atoms with Crippen LogP contribution in [0.5, 0.6) is 11.5 Å². The van der Waals surface area contributed by atoms with Crippen LogP contribution in [0.25, 0.3) is 10.8 Å². The van der Waals surface area contributed by atoms with Gasteiger partial charge in [-0.25, -0.2) is 13.2 Å². The molecule has 28 heavy (non-hydrogen) atoms. The second kappa shape index (κ2) is 7.28. The molecule has 0 saturated carbocycles. The fourth-order valence-corrected chi connectivity index (χ4v) is 3.53. The van der Waals surface area contributed by atoms with E-state index >= 15 is 0 Å². The van der Waals surface area contributed by atoms with Gasteiger partial charge in [0.05, 0.1) is 10.6 Å². The summed E-state index contributed by atoms with van der Waals surface area (Å²) in [5.41, 5.74) is -0.573. The summed E-state index contributed by atoms with van der Waals surface area (Å²) in [5.74, 6) is -2.34. The number of benzene rings is 3. The second-order valence-corrected chi connectivity index (χ2v) is 8.18. The third kappa shape index (κ3) is 3.52. The van der Waals surface area contributed by atoms with Gasteiger partial charge in [0.25, 0.3) is 0 Å². The molecule has 8 nitrogen and oxygen atoms in total. The normalized spacial score (nSPS) is 11.9. The summed E-state index contributed by atoms with van der Waals surface area (Å²) < 4.78 is 24.1. The standard InChI is InChI=1S/C19H16N2O6S/c1-2-28(26,27)12-7-8-16(22)15(10-12)20-21-17-13-6-4-3-5-11(13)9-14(18(17)23)19(24)25/h3-10,22-23H,2H2,1H3,(H,24,25)/b21-20+. The van der Waals surface area contributed by atoms with Crippen molar-refractivity contribution in [2.24, 2.45) is 10.2 Å². The van der Waals surface area contributed by atoms with Gasteiger partial charge < -0.3 is 15.3 Å². The third-order valence-corrected chi connectivity index (χ3v) is 5.90. The van der Waals surface area contributed by atoms with E-state index in [0.29, 0.717) is 10.8 Å². The highest BCUT2D eigenvalue weighted by Crippen LogP contribution is 2.40. The van der Waals surface area contributed by atoms with E-state index in [1.54, 1.807) is 24.3 Å². The van der Waals surface area contributed by atoms with Gasteiger partial charge in [-0.05, 0) is 29.7 Å². The molecule has 144 valence electrons. The molecule has 0 radical (unpaired) electrons. The van der Waals surface area contributed by atoms with Crippen molar-refractivity contribution < 1.29 is 28.5 Å². The lowest BCUT2D eigenvalue weighted by atomic mass is 10.0. The van der Waals surface area contributed by atoms with Crippen molar-refractivity contribution in [2.75, 3.05) is 5.75 Å². The van der Waals surface area contributed by atoms with Crippen LogP contribution in [-0.4, -0.2) is 35.5 Å². The van der Waals surface area contributed by atoms with Crippen molar-refractivity contribution in [2.45, 2.75) is 11.8 Å². The molecule has 0 fully saturated rings. The van der Waals surface area contributed by atoms with Crippen molar-refractivity contribution in [3.05, 3.63) is 54.1 Å². The number of nitrogens with zero attached hydrogens (tertiary/aromatic N) is 2. The minimum absolute atomic E-state index is 0.0323. The van der Waals surface area contributed by atoms with E-state index < -0.39 is 21.6 Å². The fraction of sp³-hybridized carbons (Fsp3) is 0.105. The highest BCUT2D eigenvalue weighted by atomic mass is 32.2. The molecule has 0 aliphatic heterocycles. The molecule has 9 heteroatoms. The average Bonchev–Trinajstić information content (AvgIpc) is 2.67. The van der Waals surface area contributed by atoms with Crippen LogP contribution < -0.4 is 0 Å². The van der Waals surface area contributed by atoms with Gasteiger partial charge in [0.2, 0.25) is 0 Å². The van der Waals surface area contributed by atoms with E-state index in [1.165, 1.54) is 25.1 Å². The maximum absolute atomic E-state index is 12.0. The van der Waals surface area contributed by atoms with Gasteiger partial charge in [-0.3, -0.25) is 0 Å². The van der Waals surface area contributed by atoms with Gasteiger partial charge in [-0.1, -0.05) is 31.2 Å². The Morgan fingerprint density at radius 1 is 1.04 bits per heavy atom. The van der Waals surface area contributed by atoms with Gasteiger partial charge in [0.1, 0.15) is 22.7 Å². The Morgan fingerprint density at radius 2 is 1.75 bits per heavy atom. The van der Waals surface area contributed by atoms with E-state index in [1.807, 2.05) is 0 Å². The van der Waals surface area contributed by atoms with Crippen LogP contribution in [0.2, 0.25) is 0 Å². The molecular formula is C19H16N2O6S. The second-order valence-electron chi connectivity index (χ2n) is 5.90. The average molecular weight is 400 g/mol. The van der Waals surface area contributed by atoms with Crippen LogP contribution in [0.4, 0.5) is 11.4 Å². The summed E-state index contributed by atoms with van der Waals surface area (Å²) in [6.45, 7) is 1.49. The van der Waals surface area contributed by atoms with Crippen molar-refractivity contribution in [1.29, 1.82) is 0 Å². The van der Waals surface area contributed by atoms with Crippen LogP contribution in [0.1, 0.15) is 17.3 Å². The maximum atomic E-state index is 12.0. The molecule has 0 aliphatic rings. The molecule has 3 aromatic carbocycles. The number of aromatic carboxylic acids is 1. The highest BCUT2D eigenvalue weighted by molar-refractivity contribution is 7.91. The summed E-state index contributed by atoms with van der Waals surface area (Å²) in [5, 5.41) is 38.3. The van der Waals surface area contributed by atoms with Crippen molar-refractivity contribution in [1.82, 2.24) is 0 Å². The smallest absolute Gasteiger partial charge is 0.339 e. The van der Waals surface area contributed by atoms with E-state index in [9.17, 15) is 28.5 Å². The van der Waals surface area contributed by atoms with Crippen LogP contribution in [0, 0.1) is 0 Å². The number of aromatic hydroxyl groups is 2. The minimum atomic E-state index is -3.52. The number of sulfone groups is 1. The van der Waals surface area contributed by atoms with Crippen LogP contribution in [0.15, 0.2) is 63.7 Å². The number of fused-ring (bicyclic) bond motifs is 1. The Kier molecular flexibility index (Phi) is 5.02. The number of rotatable bonds is 5. The fourth-order valence-electron chi connectivity index (χ4n) is 2.63. The van der Waals surface area contributed by atoms with Crippen LogP contribution >= 0.6 is 0 Å². The molecule has 0 heterocycles. The first-order valence-corrected chi connectivity index (χ1v) is 9.85. The SMILES string of the molecule is CCS(=O)(=O)c1ccc(O)c(/N=N/c2c(O)c(C(=O)O)cc3ccccc23)c1. The van der Waals surface area contributed by atoms with Gasteiger partial charge >= 0.3 is 5.97 Å². The Hall–Kier alpha value is -3.46. The molecule has 3 aromatic rings. The monoisotopic (exact) mass is 400 g/mol. The molecule has 0 aliphatic carbocycles. The van der Waals surface area contributed by atoms with Crippen molar-refractivity contribution in [3.8, 4) is 11.5 Å². The predicted octanol–water partition coefficient (Wildman–Crippen LogP) is 4.16. The number of hydrogen-bond acceptors (Lipinski definition) is 7. The van der Waals surface area contributed by atoms with Crippen LogP contribution in [0.3, 0.4) is 0 Å². The van der Waals surface area contributed by atoms with Gasteiger partial charge in [-0.15, -0.1) is 10.2 Å². The minimum Gasteiger partial charge on any atom is -0.506 e. The zero-order valence-electron chi connectivity index (χ0n) is 14.7. The quantitative estimate of drug-likeness (QED) is 0.550. The summed E-state index contributed by atoms with van der Waals surface area (Å²) in [6, 6.07) is 11.6. The number of phenolic OH excluding ortho intramolecular Hbond substituents is 1. The number of phenols is 2. The lowest BCUT2D eigenvalue weighted by molar-refractivity contribution is 0.0694. The molecule has 0 spiro atoms. The van der Waals surface area contributed by atoms with Gasteiger partial charge in [0.15, 0.2) is 15.6 Å². The summed E-state index contributed by atoms with van der Waals surface area (Å²) >= 11 is 0. The predicted molar refractivity (Wildman–Crippen MR) is 103 cm³/mol. The van der Waals surface area contributed by atoms with E-state index in [0.717, 1.165) is 6.07 Å². The van der Waals surface area contributed by atoms with Crippen molar-refractivity contribution >= 4 is 38.0 Å². The van der Waals surface area contributed by atoms with E-state index in [-0.39, 0.29) is 33.3 Å². The largest absolute Gasteiger partial charge is 0.506 e. The molecule has 0 unspecified atom stereocenters. The number of carboxylic acid groups (broad SMARTS) is 1. The Bertz CT molecular complexity index is 1220. The maximum Gasteiger partial charge on any atom is 0.339 e. The lowest BCUT2D eigenvalue weighted by Gasteiger charge is -2.08. The Balaban J connectivity index is 2.18. The molecule has 0 saturated heterocycles. The zero-order chi connectivity index (χ0) is 20.5. The molecule has 3 rings (SSSR count). The Morgan fingerprint density at radius 3 is 2.43 bits per heavy atom. The summed E-state index contributed by atoms with van der Waals surface area (Å²) in [6.07, 6.45) is 0. The molecular weight excluding hydrogens is 384 g/mol. The van der Waals surface area contributed by atoms with E-state index in [2.05, 4.69) is 10.2 Å². The topological polar surface area (TPSA) is 137 Å². The third-order valence-electron chi connectivity index (χ3n) is 4.17. The van der Waals surface area contributed by atoms with Crippen molar-refractivity contribution in [3.63, 3.8) is 0 Å². The number of carboxylic acids is 1. The number of carbonyl (C=O) groups is 1. The Labute approximate surface area is 160 Å². The molecule has 0 bridgehead atoms.